The van der Waals surface area contributed by atoms with E-state index in [1.165, 1.54) is 5.56 Å². The van der Waals surface area contributed by atoms with E-state index in [1.54, 1.807) is 0 Å². The molecule has 0 atom stereocenters. The average Bonchev–Trinajstić information content (AvgIpc) is 2.49. The smallest absolute Gasteiger partial charge is 0.0793 e. The fourth-order valence-corrected chi connectivity index (χ4v) is 2.10. The highest BCUT2D eigenvalue weighted by Crippen LogP contribution is 2.14. The molecule has 15 heavy (non-hydrogen) atoms. The molecule has 84 valence electrons. The molecular weight excluding hydrogens is 190 g/mol. The summed E-state index contributed by atoms with van der Waals surface area (Å²) in [6.07, 6.45) is 3.75. The van der Waals surface area contributed by atoms with Crippen LogP contribution in [0, 0.1) is 6.92 Å². The quantitative estimate of drug-likeness (QED) is 0.779. The number of aliphatic hydroxyl groups excluding tert-OH is 1. The lowest BCUT2D eigenvalue weighted by atomic mass is 10.1. The third kappa shape index (κ3) is 2.58. The van der Waals surface area contributed by atoms with Gasteiger partial charge >= 0.3 is 0 Å². The molecule has 1 N–H and O–H groups in total. The van der Waals surface area contributed by atoms with Gasteiger partial charge in [-0.15, -0.1) is 0 Å². The molecule has 2 rings (SSSR count). The number of piperidine rings is 1. The normalized spacial score (nSPS) is 19.7. The second-order valence-electron chi connectivity index (χ2n) is 4.44. The van der Waals surface area contributed by atoms with E-state index in [9.17, 15) is 5.11 Å². The Kier molecular flexibility index (Phi) is 3.07. The molecule has 1 saturated heterocycles. The minimum Gasteiger partial charge on any atom is -0.393 e. The highest BCUT2D eigenvalue weighted by atomic mass is 16.3. The van der Waals surface area contributed by atoms with Gasteiger partial charge in [0.15, 0.2) is 0 Å². The van der Waals surface area contributed by atoms with Gasteiger partial charge < -0.3 is 5.11 Å². The summed E-state index contributed by atoms with van der Waals surface area (Å²) < 4.78 is 1.86. The third-order valence-electron chi connectivity index (χ3n) is 3.04. The van der Waals surface area contributed by atoms with Gasteiger partial charge in [0.05, 0.1) is 11.8 Å². The molecule has 0 aromatic carbocycles. The Hall–Kier alpha value is -0.870. The Bertz CT molecular complexity index is 327. The van der Waals surface area contributed by atoms with E-state index < -0.39 is 0 Å². The predicted octanol–water partition coefficient (Wildman–Crippen LogP) is 0.685. The Balaban J connectivity index is 1.94. The van der Waals surface area contributed by atoms with Crippen molar-refractivity contribution in [3.05, 3.63) is 17.5 Å². The van der Waals surface area contributed by atoms with Crippen molar-refractivity contribution >= 4 is 0 Å². The maximum atomic E-state index is 9.41. The van der Waals surface area contributed by atoms with Crippen LogP contribution in [0.2, 0.25) is 0 Å². The van der Waals surface area contributed by atoms with Gasteiger partial charge in [-0.25, -0.2) is 0 Å². The van der Waals surface area contributed by atoms with Crippen LogP contribution in [0.25, 0.3) is 0 Å². The summed E-state index contributed by atoms with van der Waals surface area (Å²) in [7, 11) is 1.95. The van der Waals surface area contributed by atoms with Gasteiger partial charge in [-0.3, -0.25) is 9.58 Å². The van der Waals surface area contributed by atoms with Crippen molar-refractivity contribution in [2.24, 2.45) is 7.05 Å². The van der Waals surface area contributed by atoms with Crippen molar-refractivity contribution in [1.29, 1.82) is 0 Å². The van der Waals surface area contributed by atoms with Crippen molar-refractivity contribution in [2.75, 3.05) is 13.1 Å². The molecule has 0 aliphatic carbocycles. The molecule has 0 radical (unpaired) electrons. The number of hydrogen-bond donors (Lipinski definition) is 1. The highest BCUT2D eigenvalue weighted by Gasteiger charge is 2.18. The molecule has 1 fully saturated rings. The molecule has 0 amide bonds. The fourth-order valence-electron chi connectivity index (χ4n) is 2.10. The zero-order valence-electron chi connectivity index (χ0n) is 9.48. The van der Waals surface area contributed by atoms with E-state index in [2.05, 4.69) is 16.9 Å². The Morgan fingerprint density at radius 2 is 2.13 bits per heavy atom. The largest absolute Gasteiger partial charge is 0.393 e. The van der Waals surface area contributed by atoms with E-state index in [-0.39, 0.29) is 6.10 Å². The number of aromatic nitrogens is 2. The van der Waals surface area contributed by atoms with Crippen LogP contribution in [0.15, 0.2) is 6.20 Å². The summed E-state index contributed by atoms with van der Waals surface area (Å²) >= 11 is 0. The van der Waals surface area contributed by atoms with E-state index in [4.69, 9.17) is 0 Å². The summed E-state index contributed by atoms with van der Waals surface area (Å²) in [5.74, 6) is 0. The monoisotopic (exact) mass is 209 g/mol. The van der Waals surface area contributed by atoms with Crippen molar-refractivity contribution in [3.8, 4) is 0 Å². The highest BCUT2D eigenvalue weighted by molar-refractivity contribution is 5.14. The molecule has 0 unspecified atom stereocenters. The fraction of sp³-hybridized carbons (Fsp3) is 0.727. The number of aliphatic hydroxyl groups is 1. The van der Waals surface area contributed by atoms with Crippen LogP contribution >= 0.6 is 0 Å². The molecule has 4 nitrogen and oxygen atoms in total. The first-order chi connectivity index (χ1) is 7.15. The second kappa shape index (κ2) is 4.33. The number of hydrogen-bond acceptors (Lipinski definition) is 3. The molecule has 0 spiro atoms. The third-order valence-corrected chi connectivity index (χ3v) is 3.04. The minimum absolute atomic E-state index is 0.0916. The first-order valence-electron chi connectivity index (χ1n) is 5.54. The number of likely N-dealkylation sites (tertiary alicyclic amines) is 1. The van der Waals surface area contributed by atoms with Gasteiger partial charge in [0.25, 0.3) is 0 Å². The Morgan fingerprint density at radius 1 is 1.47 bits per heavy atom. The number of rotatable bonds is 2. The topological polar surface area (TPSA) is 41.3 Å². The zero-order valence-corrected chi connectivity index (χ0v) is 9.48. The Morgan fingerprint density at radius 3 is 2.67 bits per heavy atom. The van der Waals surface area contributed by atoms with Crippen molar-refractivity contribution < 1.29 is 5.11 Å². The first kappa shape index (κ1) is 10.6. The van der Waals surface area contributed by atoms with Crippen LogP contribution in [0.4, 0.5) is 0 Å². The maximum absolute atomic E-state index is 9.41. The summed E-state index contributed by atoms with van der Waals surface area (Å²) in [4.78, 5) is 2.36. The maximum Gasteiger partial charge on any atom is 0.0793 e. The van der Waals surface area contributed by atoms with Crippen LogP contribution in [0.5, 0.6) is 0 Å². The zero-order chi connectivity index (χ0) is 10.8. The summed E-state index contributed by atoms with van der Waals surface area (Å²) in [6, 6.07) is 0. The van der Waals surface area contributed by atoms with E-state index in [0.717, 1.165) is 38.2 Å². The van der Waals surface area contributed by atoms with Gasteiger partial charge in [0.1, 0.15) is 0 Å². The molecule has 1 aromatic heterocycles. The number of aryl methyl sites for hydroxylation is 2. The van der Waals surface area contributed by atoms with E-state index in [1.807, 2.05) is 17.9 Å². The molecule has 0 bridgehead atoms. The average molecular weight is 209 g/mol. The molecule has 1 aliphatic heterocycles. The van der Waals surface area contributed by atoms with Crippen molar-refractivity contribution in [2.45, 2.75) is 32.4 Å². The van der Waals surface area contributed by atoms with Gasteiger partial charge in [-0.1, -0.05) is 0 Å². The van der Waals surface area contributed by atoms with Crippen molar-refractivity contribution in [3.63, 3.8) is 0 Å². The van der Waals surface area contributed by atoms with Gasteiger partial charge in [0.2, 0.25) is 0 Å². The van der Waals surface area contributed by atoms with Gasteiger partial charge in [-0.05, 0) is 25.3 Å². The standard InChI is InChI=1S/C11H19N3O/c1-9-7-13(2)12-11(9)8-14-5-3-10(15)4-6-14/h7,10,15H,3-6,8H2,1-2H3. The van der Waals surface area contributed by atoms with Crippen LogP contribution in [0.1, 0.15) is 24.1 Å². The number of nitrogens with zero attached hydrogens (tertiary/aromatic N) is 3. The lowest BCUT2D eigenvalue weighted by molar-refractivity contribution is 0.0785. The van der Waals surface area contributed by atoms with Crippen LogP contribution in [-0.2, 0) is 13.6 Å². The van der Waals surface area contributed by atoms with Gasteiger partial charge in [-0.2, -0.15) is 5.10 Å². The molecule has 1 aromatic rings. The molecule has 4 heteroatoms. The Labute approximate surface area is 90.5 Å². The minimum atomic E-state index is -0.0916. The lowest BCUT2D eigenvalue weighted by Gasteiger charge is -2.28. The lowest BCUT2D eigenvalue weighted by Crippen LogP contribution is -2.35. The molecule has 1 aliphatic rings. The van der Waals surface area contributed by atoms with Crippen LogP contribution < -0.4 is 0 Å². The SMILES string of the molecule is Cc1cn(C)nc1CN1CCC(O)CC1. The summed E-state index contributed by atoms with van der Waals surface area (Å²) in [5.41, 5.74) is 2.41. The molecule has 0 saturated carbocycles. The van der Waals surface area contributed by atoms with E-state index in [0.29, 0.717) is 0 Å². The second-order valence-corrected chi connectivity index (χ2v) is 4.44. The van der Waals surface area contributed by atoms with Crippen LogP contribution in [0.3, 0.4) is 0 Å². The molecule has 2 heterocycles. The van der Waals surface area contributed by atoms with E-state index >= 15 is 0 Å². The predicted molar refractivity (Wildman–Crippen MR) is 58.5 cm³/mol. The van der Waals surface area contributed by atoms with Gasteiger partial charge in [0, 0.05) is 32.9 Å². The van der Waals surface area contributed by atoms with Crippen LogP contribution in [-0.4, -0.2) is 39.0 Å². The van der Waals surface area contributed by atoms with Crippen molar-refractivity contribution in [1.82, 2.24) is 14.7 Å². The molecular formula is C11H19N3O. The first-order valence-corrected chi connectivity index (χ1v) is 5.54. The summed E-state index contributed by atoms with van der Waals surface area (Å²) in [6.45, 7) is 4.98. The summed E-state index contributed by atoms with van der Waals surface area (Å²) in [5, 5.41) is 13.8.